The predicted octanol–water partition coefficient (Wildman–Crippen LogP) is 3.12. The van der Waals surface area contributed by atoms with Crippen molar-refractivity contribution < 1.29 is 19.1 Å². The van der Waals surface area contributed by atoms with E-state index in [0.29, 0.717) is 17.8 Å². The fourth-order valence-corrected chi connectivity index (χ4v) is 5.13. The summed E-state index contributed by atoms with van der Waals surface area (Å²) in [6.07, 6.45) is 1.60. The van der Waals surface area contributed by atoms with Crippen molar-refractivity contribution in [3.05, 3.63) is 69.1 Å². The molecule has 1 aromatic carbocycles. The number of benzene rings is 1. The van der Waals surface area contributed by atoms with Crippen molar-refractivity contribution in [1.82, 2.24) is 20.9 Å². The number of esters is 1. The Bertz CT molecular complexity index is 1070. The number of thiophene rings is 1. The Labute approximate surface area is 203 Å². The molecule has 8 nitrogen and oxygen atoms in total. The maximum Gasteiger partial charge on any atom is 0.338 e. The molecule has 4 rings (SSSR count). The SMILES string of the molecule is CCOC(=O)C1=C(CN2CCC(NC(=O)c3ccc(C)s3)CC2)NC(=O)NC1c1ccccc1. The second-order valence-electron chi connectivity index (χ2n) is 8.49. The van der Waals surface area contributed by atoms with Crippen molar-refractivity contribution in [2.75, 3.05) is 26.2 Å². The molecule has 0 spiro atoms. The predicted molar refractivity (Wildman–Crippen MR) is 130 cm³/mol. The molecule has 2 aromatic rings. The van der Waals surface area contributed by atoms with Crippen molar-refractivity contribution in [2.24, 2.45) is 0 Å². The molecule has 0 aliphatic carbocycles. The molecular formula is C25H30N4O4S. The van der Waals surface area contributed by atoms with Gasteiger partial charge in [-0.15, -0.1) is 11.3 Å². The van der Waals surface area contributed by atoms with Gasteiger partial charge >= 0.3 is 12.0 Å². The smallest absolute Gasteiger partial charge is 0.338 e. The van der Waals surface area contributed by atoms with E-state index in [4.69, 9.17) is 4.74 Å². The van der Waals surface area contributed by atoms with Gasteiger partial charge in [-0.05, 0) is 44.4 Å². The second-order valence-corrected chi connectivity index (χ2v) is 9.78. The highest BCUT2D eigenvalue weighted by Gasteiger charge is 2.34. The van der Waals surface area contributed by atoms with E-state index in [2.05, 4.69) is 20.9 Å². The topological polar surface area (TPSA) is 99.8 Å². The Morgan fingerprint density at radius 2 is 1.88 bits per heavy atom. The molecule has 2 aliphatic rings. The van der Waals surface area contributed by atoms with Crippen LogP contribution in [0.25, 0.3) is 0 Å². The molecule has 3 heterocycles. The number of nitrogens with one attached hydrogen (secondary N) is 3. The molecule has 34 heavy (non-hydrogen) atoms. The summed E-state index contributed by atoms with van der Waals surface area (Å²) in [6, 6.07) is 12.4. The van der Waals surface area contributed by atoms with E-state index in [1.807, 2.05) is 49.4 Å². The third kappa shape index (κ3) is 5.66. The molecule has 0 radical (unpaired) electrons. The third-order valence-electron chi connectivity index (χ3n) is 6.05. The fraction of sp³-hybridized carbons (Fsp3) is 0.400. The fourth-order valence-electron chi connectivity index (χ4n) is 4.36. The average Bonchev–Trinajstić information content (AvgIpc) is 3.27. The Hall–Kier alpha value is -3.17. The summed E-state index contributed by atoms with van der Waals surface area (Å²) < 4.78 is 5.34. The number of carbonyl (C=O) groups is 3. The van der Waals surface area contributed by atoms with Crippen LogP contribution in [0.1, 0.15) is 45.9 Å². The highest BCUT2D eigenvalue weighted by molar-refractivity contribution is 7.13. The number of rotatable bonds is 7. The van der Waals surface area contributed by atoms with E-state index >= 15 is 0 Å². The van der Waals surface area contributed by atoms with Gasteiger partial charge in [0, 0.05) is 36.3 Å². The molecule has 1 fully saturated rings. The van der Waals surface area contributed by atoms with Gasteiger partial charge in [0.2, 0.25) is 0 Å². The number of ether oxygens (including phenoxy) is 1. The van der Waals surface area contributed by atoms with Crippen molar-refractivity contribution in [1.29, 1.82) is 0 Å². The zero-order chi connectivity index (χ0) is 24.1. The number of hydrogen-bond donors (Lipinski definition) is 3. The molecular weight excluding hydrogens is 452 g/mol. The summed E-state index contributed by atoms with van der Waals surface area (Å²) in [7, 11) is 0. The molecule has 1 saturated heterocycles. The van der Waals surface area contributed by atoms with E-state index in [9.17, 15) is 14.4 Å². The van der Waals surface area contributed by atoms with Gasteiger partial charge in [0.05, 0.1) is 23.1 Å². The monoisotopic (exact) mass is 482 g/mol. The van der Waals surface area contributed by atoms with Crippen LogP contribution in [0.4, 0.5) is 4.79 Å². The lowest BCUT2D eigenvalue weighted by atomic mass is 9.94. The van der Waals surface area contributed by atoms with E-state index in [0.717, 1.165) is 41.2 Å². The molecule has 2 aliphatic heterocycles. The van der Waals surface area contributed by atoms with Gasteiger partial charge in [-0.2, -0.15) is 0 Å². The molecule has 9 heteroatoms. The van der Waals surface area contributed by atoms with Crippen molar-refractivity contribution in [3.8, 4) is 0 Å². The van der Waals surface area contributed by atoms with Gasteiger partial charge in [-0.3, -0.25) is 9.69 Å². The first kappa shape index (κ1) is 24.0. The van der Waals surface area contributed by atoms with Crippen LogP contribution in [-0.2, 0) is 9.53 Å². The van der Waals surface area contributed by atoms with Gasteiger partial charge < -0.3 is 20.7 Å². The van der Waals surface area contributed by atoms with E-state index in [-0.39, 0.29) is 24.6 Å². The standard InChI is InChI=1S/C25H30N4O4S/c1-3-33-24(31)21-19(27-25(32)28-22(21)17-7-5-4-6-8-17)15-29-13-11-18(12-14-29)26-23(30)20-10-9-16(2)34-20/h4-10,18,22H,3,11-15H2,1-2H3,(H,26,30)(H2,27,28,32). The number of piperidine rings is 1. The van der Waals surface area contributed by atoms with E-state index in [1.54, 1.807) is 6.92 Å². The van der Waals surface area contributed by atoms with Crippen LogP contribution in [0, 0.1) is 6.92 Å². The summed E-state index contributed by atoms with van der Waals surface area (Å²) in [5, 5.41) is 8.83. The van der Waals surface area contributed by atoms with Crippen LogP contribution in [0.15, 0.2) is 53.7 Å². The summed E-state index contributed by atoms with van der Waals surface area (Å²) in [5.74, 6) is -0.465. The lowest BCUT2D eigenvalue weighted by molar-refractivity contribution is -0.139. The molecule has 1 aromatic heterocycles. The van der Waals surface area contributed by atoms with Gasteiger partial charge in [-0.1, -0.05) is 30.3 Å². The quantitative estimate of drug-likeness (QED) is 0.527. The maximum atomic E-state index is 12.9. The van der Waals surface area contributed by atoms with Crippen molar-refractivity contribution >= 4 is 29.2 Å². The first-order valence-corrected chi connectivity index (χ1v) is 12.4. The lowest BCUT2D eigenvalue weighted by Crippen LogP contribution is -2.50. The minimum absolute atomic E-state index is 0.0276. The highest BCUT2D eigenvalue weighted by atomic mass is 32.1. The Morgan fingerprint density at radius 1 is 1.15 bits per heavy atom. The first-order chi connectivity index (χ1) is 16.4. The van der Waals surface area contributed by atoms with Gasteiger partial charge in [0.15, 0.2) is 0 Å². The zero-order valence-electron chi connectivity index (χ0n) is 19.4. The minimum atomic E-state index is -0.574. The molecule has 0 bridgehead atoms. The normalized spacial score (nSPS) is 19.4. The van der Waals surface area contributed by atoms with Crippen LogP contribution in [0.5, 0.6) is 0 Å². The zero-order valence-corrected chi connectivity index (χ0v) is 20.2. The number of amides is 3. The largest absolute Gasteiger partial charge is 0.463 e. The van der Waals surface area contributed by atoms with Gasteiger partial charge in [-0.25, -0.2) is 9.59 Å². The number of urea groups is 1. The van der Waals surface area contributed by atoms with Crippen LogP contribution in [0.3, 0.4) is 0 Å². The Kier molecular flexibility index (Phi) is 7.64. The lowest BCUT2D eigenvalue weighted by Gasteiger charge is -2.35. The van der Waals surface area contributed by atoms with Crippen LogP contribution in [0.2, 0.25) is 0 Å². The molecule has 0 saturated carbocycles. The third-order valence-corrected chi connectivity index (χ3v) is 7.05. The van der Waals surface area contributed by atoms with E-state index < -0.39 is 12.0 Å². The Morgan fingerprint density at radius 3 is 2.53 bits per heavy atom. The maximum absolute atomic E-state index is 12.9. The summed E-state index contributed by atoms with van der Waals surface area (Å²) in [5.41, 5.74) is 1.81. The van der Waals surface area contributed by atoms with Crippen LogP contribution < -0.4 is 16.0 Å². The first-order valence-electron chi connectivity index (χ1n) is 11.6. The van der Waals surface area contributed by atoms with Gasteiger partial charge in [0.25, 0.3) is 5.91 Å². The molecule has 3 N–H and O–H groups in total. The summed E-state index contributed by atoms with van der Waals surface area (Å²) in [4.78, 5) is 41.9. The average molecular weight is 483 g/mol. The highest BCUT2D eigenvalue weighted by Crippen LogP contribution is 2.28. The van der Waals surface area contributed by atoms with Crippen molar-refractivity contribution in [3.63, 3.8) is 0 Å². The summed E-state index contributed by atoms with van der Waals surface area (Å²) in [6.45, 7) is 5.92. The Balaban J connectivity index is 1.45. The molecule has 1 unspecified atom stereocenters. The number of likely N-dealkylation sites (tertiary alicyclic amines) is 1. The summed E-state index contributed by atoms with van der Waals surface area (Å²) >= 11 is 1.50. The molecule has 1 atom stereocenters. The molecule has 180 valence electrons. The number of hydrogen-bond acceptors (Lipinski definition) is 6. The van der Waals surface area contributed by atoms with Crippen LogP contribution in [-0.4, -0.2) is 55.1 Å². The van der Waals surface area contributed by atoms with Crippen LogP contribution >= 0.6 is 11.3 Å². The second kappa shape index (κ2) is 10.8. The minimum Gasteiger partial charge on any atom is -0.463 e. The van der Waals surface area contributed by atoms with E-state index in [1.165, 1.54) is 11.3 Å². The van der Waals surface area contributed by atoms with Crippen molar-refractivity contribution in [2.45, 2.75) is 38.8 Å². The number of nitrogens with zero attached hydrogens (tertiary/aromatic N) is 1. The number of aryl methyl sites for hydroxylation is 1. The van der Waals surface area contributed by atoms with Gasteiger partial charge in [0.1, 0.15) is 0 Å². The number of carbonyl (C=O) groups excluding carboxylic acids is 3. The molecule has 3 amide bonds.